The highest BCUT2D eigenvalue weighted by atomic mass is 32.2. The summed E-state index contributed by atoms with van der Waals surface area (Å²) in [7, 11) is -3.74. The molecular formula is C26H37N3O4S. The largest absolute Gasteiger partial charge is 0.355 e. The Kier molecular flexibility index (Phi) is 9.67. The molecule has 0 spiro atoms. The highest BCUT2D eigenvalue weighted by Gasteiger charge is 2.31. The number of hydrogen-bond acceptors (Lipinski definition) is 4. The molecule has 7 nitrogen and oxygen atoms in total. The maximum absolute atomic E-state index is 13.6. The number of likely N-dealkylation sites (N-methyl/N-ethyl adjacent to an activating group) is 1. The Bertz CT molecular complexity index is 1080. The minimum absolute atomic E-state index is 0.213. The number of amides is 2. The topological polar surface area (TPSA) is 86.8 Å². The smallest absolute Gasteiger partial charge is 0.244 e. The fraction of sp³-hybridized carbons (Fsp3) is 0.462. The van der Waals surface area contributed by atoms with E-state index < -0.39 is 22.0 Å². The normalized spacial score (nSPS) is 12.3. The van der Waals surface area contributed by atoms with Crippen LogP contribution in [0.2, 0.25) is 0 Å². The van der Waals surface area contributed by atoms with Crippen molar-refractivity contribution < 1.29 is 18.0 Å². The molecule has 1 atom stereocenters. The number of anilines is 1. The van der Waals surface area contributed by atoms with Crippen LogP contribution in [0.4, 0.5) is 5.69 Å². The maximum atomic E-state index is 13.6. The van der Waals surface area contributed by atoms with Crippen molar-refractivity contribution in [2.75, 3.05) is 23.7 Å². The zero-order valence-corrected chi connectivity index (χ0v) is 21.9. The van der Waals surface area contributed by atoms with Gasteiger partial charge in [-0.2, -0.15) is 0 Å². The number of hydrogen-bond donors (Lipinski definition) is 1. The molecule has 0 fully saturated rings. The lowest BCUT2D eigenvalue weighted by Crippen LogP contribution is -2.52. The minimum Gasteiger partial charge on any atom is -0.355 e. The molecule has 0 saturated carbocycles. The zero-order chi connectivity index (χ0) is 25.5. The summed E-state index contributed by atoms with van der Waals surface area (Å²) in [5.74, 6) is -0.381. The molecule has 2 aromatic carbocycles. The van der Waals surface area contributed by atoms with Gasteiger partial charge in [0.05, 0.1) is 11.9 Å². The van der Waals surface area contributed by atoms with Gasteiger partial charge in [-0.05, 0) is 55.0 Å². The van der Waals surface area contributed by atoms with E-state index in [1.165, 1.54) is 4.90 Å². The highest BCUT2D eigenvalue weighted by Crippen LogP contribution is 2.23. The summed E-state index contributed by atoms with van der Waals surface area (Å²) in [6.07, 6.45) is 1.49. The average Bonchev–Trinajstić information content (AvgIpc) is 2.78. The number of sulfonamides is 1. The molecule has 2 amide bonds. The van der Waals surface area contributed by atoms with Crippen molar-refractivity contribution in [1.82, 2.24) is 10.2 Å². The minimum atomic E-state index is -3.74. The molecule has 0 heterocycles. The first-order chi connectivity index (χ1) is 16.0. The average molecular weight is 488 g/mol. The number of benzene rings is 2. The molecule has 0 bridgehead atoms. The number of carbonyl (C=O) groups is 2. The van der Waals surface area contributed by atoms with Crippen LogP contribution in [-0.4, -0.2) is 50.5 Å². The van der Waals surface area contributed by atoms with E-state index in [9.17, 15) is 18.0 Å². The van der Waals surface area contributed by atoms with Gasteiger partial charge in [0.25, 0.3) is 0 Å². The van der Waals surface area contributed by atoms with Crippen molar-refractivity contribution in [3.8, 4) is 0 Å². The number of carbonyl (C=O) groups excluding carboxylic acids is 2. The van der Waals surface area contributed by atoms with E-state index in [1.54, 1.807) is 12.1 Å². The maximum Gasteiger partial charge on any atom is 0.244 e. The monoisotopic (exact) mass is 487 g/mol. The Labute approximate surface area is 204 Å². The standard InChI is InChI=1S/C26H37N3O4S/c1-7-24(26(31)27-8-2)28(17-22-12-10-9-11-20(22)5)25(30)18-29(34(6,32)33)23-15-13-21(14-16-23)19(3)4/h9-16,19,24H,7-8,17-18H2,1-6H3,(H,27,31)/t24-/m1/s1. The third kappa shape index (κ3) is 7.06. The zero-order valence-electron chi connectivity index (χ0n) is 21.0. The number of nitrogens with zero attached hydrogens (tertiary/aromatic N) is 2. The summed E-state index contributed by atoms with van der Waals surface area (Å²) >= 11 is 0. The van der Waals surface area contributed by atoms with Gasteiger partial charge >= 0.3 is 0 Å². The van der Waals surface area contributed by atoms with Crippen LogP contribution in [0.15, 0.2) is 48.5 Å². The first kappa shape index (κ1) is 27.4. The van der Waals surface area contributed by atoms with Crippen molar-refractivity contribution in [2.24, 2.45) is 0 Å². The Hall–Kier alpha value is -2.87. The van der Waals surface area contributed by atoms with Crippen LogP contribution < -0.4 is 9.62 Å². The van der Waals surface area contributed by atoms with E-state index in [1.807, 2.05) is 57.2 Å². The van der Waals surface area contributed by atoms with Crippen LogP contribution in [0, 0.1) is 6.92 Å². The highest BCUT2D eigenvalue weighted by molar-refractivity contribution is 7.92. The fourth-order valence-corrected chi connectivity index (χ4v) is 4.67. The van der Waals surface area contributed by atoms with Gasteiger partial charge in [-0.15, -0.1) is 0 Å². The molecule has 0 radical (unpaired) electrons. The van der Waals surface area contributed by atoms with Crippen molar-refractivity contribution in [2.45, 2.75) is 59.5 Å². The van der Waals surface area contributed by atoms with E-state index in [0.29, 0.717) is 24.6 Å². The van der Waals surface area contributed by atoms with Crippen molar-refractivity contribution >= 4 is 27.5 Å². The van der Waals surface area contributed by atoms with Gasteiger partial charge < -0.3 is 10.2 Å². The lowest BCUT2D eigenvalue weighted by molar-refractivity contribution is -0.140. The molecule has 8 heteroatoms. The molecular weight excluding hydrogens is 450 g/mol. The second-order valence-corrected chi connectivity index (χ2v) is 10.7. The number of rotatable bonds is 11. The summed E-state index contributed by atoms with van der Waals surface area (Å²) in [6, 6.07) is 14.1. The van der Waals surface area contributed by atoms with Crippen LogP contribution in [0.1, 0.15) is 56.7 Å². The van der Waals surface area contributed by atoms with Crippen LogP contribution >= 0.6 is 0 Å². The van der Waals surface area contributed by atoms with Gasteiger partial charge in [0, 0.05) is 13.1 Å². The molecule has 0 aromatic heterocycles. The second kappa shape index (κ2) is 12.0. The molecule has 186 valence electrons. The van der Waals surface area contributed by atoms with Gasteiger partial charge in [0.1, 0.15) is 12.6 Å². The molecule has 0 unspecified atom stereocenters. The fourth-order valence-electron chi connectivity index (χ4n) is 3.82. The Morgan fingerprint density at radius 1 is 1.00 bits per heavy atom. The molecule has 1 N–H and O–H groups in total. The summed E-state index contributed by atoms with van der Waals surface area (Å²) in [5.41, 5.74) is 3.40. The SMILES string of the molecule is CCNC(=O)[C@@H](CC)N(Cc1ccccc1C)C(=O)CN(c1ccc(C(C)C)cc1)S(C)(=O)=O. The lowest BCUT2D eigenvalue weighted by atomic mass is 10.0. The number of nitrogens with one attached hydrogen (secondary N) is 1. The first-order valence-electron chi connectivity index (χ1n) is 11.7. The molecule has 2 rings (SSSR count). The molecule has 34 heavy (non-hydrogen) atoms. The summed E-state index contributed by atoms with van der Waals surface area (Å²) in [6.45, 7) is 10.0. The van der Waals surface area contributed by atoms with Crippen LogP contribution in [-0.2, 0) is 26.2 Å². The van der Waals surface area contributed by atoms with Gasteiger partial charge in [-0.1, -0.05) is 57.2 Å². The molecule has 0 aliphatic carbocycles. The molecule has 2 aromatic rings. The van der Waals surface area contributed by atoms with E-state index in [-0.39, 0.29) is 19.0 Å². The molecule has 0 aliphatic rings. The van der Waals surface area contributed by atoms with Gasteiger partial charge in [0.2, 0.25) is 21.8 Å². The van der Waals surface area contributed by atoms with Gasteiger partial charge in [-0.3, -0.25) is 13.9 Å². The van der Waals surface area contributed by atoms with E-state index in [0.717, 1.165) is 27.3 Å². The summed E-state index contributed by atoms with van der Waals surface area (Å²) < 4.78 is 26.5. The Morgan fingerprint density at radius 2 is 1.62 bits per heavy atom. The predicted octanol–water partition coefficient (Wildman–Crippen LogP) is 3.83. The third-order valence-electron chi connectivity index (χ3n) is 5.87. The Balaban J connectivity index is 2.44. The van der Waals surface area contributed by atoms with Crippen molar-refractivity contribution in [3.05, 3.63) is 65.2 Å². The summed E-state index contributed by atoms with van der Waals surface area (Å²) in [4.78, 5) is 27.9. The quantitative estimate of drug-likeness (QED) is 0.522. The molecule has 0 saturated heterocycles. The lowest BCUT2D eigenvalue weighted by Gasteiger charge is -2.33. The van der Waals surface area contributed by atoms with Crippen LogP contribution in [0.5, 0.6) is 0 Å². The van der Waals surface area contributed by atoms with Crippen molar-refractivity contribution in [1.29, 1.82) is 0 Å². The van der Waals surface area contributed by atoms with Gasteiger partial charge in [-0.25, -0.2) is 8.42 Å². The van der Waals surface area contributed by atoms with Crippen LogP contribution in [0.3, 0.4) is 0 Å². The van der Waals surface area contributed by atoms with E-state index in [2.05, 4.69) is 19.2 Å². The molecule has 0 aliphatic heterocycles. The van der Waals surface area contributed by atoms with Crippen LogP contribution in [0.25, 0.3) is 0 Å². The third-order valence-corrected chi connectivity index (χ3v) is 7.01. The van der Waals surface area contributed by atoms with E-state index >= 15 is 0 Å². The predicted molar refractivity (Wildman–Crippen MR) is 137 cm³/mol. The first-order valence-corrected chi connectivity index (χ1v) is 13.5. The van der Waals surface area contributed by atoms with E-state index in [4.69, 9.17) is 0 Å². The summed E-state index contributed by atoms with van der Waals surface area (Å²) in [5, 5.41) is 2.80. The second-order valence-electron chi connectivity index (χ2n) is 8.78. The van der Waals surface area contributed by atoms with Crippen molar-refractivity contribution in [3.63, 3.8) is 0 Å². The Morgan fingerprint density at radius 3 is 2.12 bits per heavy atom. The van der Waals surface area contributed by atoms with Gasteiger partial charge in [0.15, 0.2) is 0 Å². The number of aryl methyl sites for hydroxylation is 1.